The van der Waals surface area contributed by atoms with E-state index in [4.69, 9.17) is 4.42 Å². The van der Waals surface area contributed by atoms with E-state index in [9.17, 15) is 19.3 Å². The Labute approximate surface area is 114 Å². The van der Waals surface area contributed by atoms with Crippen LogP contribution in [0.1, 0.15) is 6.42 Å². The maximum atomic E-state index is 9.89. The Hall–Kier alpha value is -1.42. The molecule has 2 aromatic rings. The van der Waals surface area contributed by atoms with E-state index in [-0.39, 0.29) is 17.4 Å². The van der Waals surface area contributed by atoms with Crippen LogP contribution >= 0.6 is 22.1 Å². The number of rotatable bonds is 2. The Morgan fingerprint density at radius 2 is 2.11 bits per heavy atom. The normalized spacial score (nSPS) is 19.8. The molecule has 9 heteroatoms. The molecule has 0 saturated carbocycles. The van der Waals surface area contributed by atoms with Gasteiger partial charge in [-0.25, -0.2) is 9.29 Å². The van der Waals surface area contributed by atoms with Gasteiger partial charge in [0.05, 0.1) is 5.75 Å². The number of nitrogens with zero attached hydrogens (tertiary/aromatic N) is 2. The van der Waals surface area contributed by atoms with Crippen LogP contribution in [0.25, 0.3) is 10.8 Å². The minimum Gasteiger partial charge on any atom is -0.501 e. The Balaban J connectivity index is 2.07. The third-order valence-electron chi connectivity index (χ3n) is 2.83. The van der Waals surface area contributed by atoms with E-state index >= 15 is 0 Å². The smallest absolute Gasteiger partial charge is 0.261 e. The molecule has 0 radical (unpaired) electrons. The van der Waals surface area contributed by atoms with E-state index < -0.39 is 22.3 Å². The van der Waals surface area contributed by atoms with Crippen molar-refractivity contribution in [2.45, 2.75) is 6.42 Å². The Morgan fingerprint density at radius 1 is 1.32 bits per heavy atom. The number of aromatic hydroxyl groups is 2. The van der Waals surface area contributed by atoms with Gasteiger partial charge in [-0.15, -0.1) is 22.1 Å². The fraction of sp³-hybridized carbons (Fsp3) is 0.300. The van der Waals surface area contributed by atoms with Crippen LogP contribution in [0.2, 0.25) is 0 Å². The first-order valence-electron chi connectivity index (χ1n) is 5.49. The van der Waals surface area contributed by atoms with E-state index in [0.29, 0.717) is 18.0 Å². The molecule has 2 aromatic heterocycles. The summed E-state index contributed by atoms with van der Waals surface area (Å²) in [5, 5.41) is 21.9. The monoisotopic (exact) mass is 304 g/mol. The fourth-order valence-corrected chi connectivity index (χ4v) is 4.11. The third kappa shape index (κ3) is 1.94. The number of anilines is 1. The predicted octanol–water partition coefficient (Wildman–Crippen LogP) is 2.69. The topological polar surface area (TPSA) is 110 Å². The van der Waals surface area contributed by atoms with Gasteiger partial charge in [-0.1, -0.05) is 0 Å². The Kier molecular flexibility index (Phi) is 2.86. The standard InChI is InChI=1S/C10H12N2O5S2/c13-6-7(14)10(12-3-1-5-19(12,15)16)17-8(6)9-11-2-4-18-9/h2,4,13-16H,1,3,5H2. The summed E-state index contributed by atoms with van der Waals surface area (Å²) in [5.41, 5.74) is 0. The summed E-state index contributed by atoms with van der Waals surface area (Å²) in [5.74, 6) is -0.801. The van der Waals surface area contributed by atoms with Crippen LogP contribution in [0.15, 0.2) is 16.0 Å². The lowest BCUT2D eigenvalue weighted by atomic mass is 10.4. The van der Waals surface area contributed by atoms with Gasteiger partial charge in [0.15, 0.2) is 5.01 Å². The lowest BCUT2D eigenvalue weighted by molar-refractivity contribution is 0.409. The van der Waals surface area contributed by atoms with Crippen LogP contribution in [-0.2, 0) is 0 Å². The largest absolute Gasteiger partial charge is 0.501 e. The maximum absolute atomic E-state index is 9.89. The molecule has 19 heavy (non-hydrogen) atoms. The number of aromatic nitrogens is 1. The first-order valence-corrected chi connectivity index (χ1v) is 8.04. The van der Waals surface area contributed by atoms with E-state index in [1.165, 1.54) is 15.6 Å². The molecule has 0 aliphatic carbocycles. The van der Waals surface area contributed by atoms with Gasteiger partial charge in [0.2, 0.25) is 17.3 Å². The van der Waals surface area contributed by atoms with Crippen molar-refractivity contribution in [1.82, 2.24) is 4.98 Å². The van der Waals surface area contributed by atoms with Crippen molar-refractivity contribution >= 4 is 28.0 Å². The molecule has 0 unspecified atom stereocenters. The molecular weight excluding hydrogens is 292 g/mol. The summed E-state index contributed by atoms with van der Waals surface area (Å²) in [6.07, 6.45) is 2.12. The minimum absolute atomic E-state index is 0.0320. The van der Waals surface area contributed by atoms with Crippen molar-refractivity contribution in [2.75, 3.05) is 16.6 Å². The van der Waals surface area contributed by atoms with E-state index in [2.05, 4.69) is 4.98 Å². The van der Waals surface area contributed by atoms with Gasteiger partial charge in [0.25, 0.3) is 5.88 Å². The van der Waals surface area contributed by atoms with Crippen molar-refractivity contribution in [1.29, 1.82) is 0 Å². The summed E-state index contributed by atoms with van der Waals surface area (Å²) in [6, 6.07) is 0. The van der Waals surface area contributed by atoms with Crippen molar-refractivity contribution in [3.63, 3.8) is 0 Å². The van der Waals surface area contributed by atoms with Crippen molar-refractivity contribution in [3.05, 3.63) is 11.6 Å². The van der Waals surface area contributed by atoms with Crippen LogP contribution in [0.4, 0.5) is 5.88 Å². The van der Waals surface area contributed by atoms with Gasteiger partial charge in [-0.2, -0.15) is 0 Å². The molecule has 1 fully saturated rings. The van der Waals surface area contributed by atoms with E-state index in [1.807, 2.05) is 0 Å². The molecule has 0 bridgehead atoms. The highest BCUT2D eigenvalue weighted by molar-refractivity contribution is 8.25. The molecular formula is C10H12N2O5S2. The predicted molar refractivity (Wildman–Crippen MR) is 72.8 cm³/mol. The fourth-order valence-electron chi connectivity index (χ4n) is 1.94. The SMILES string of the molecule is Oc1c(-c2nccs2)oc(N2CCCS2(O)O)c1O. The Bertz CT molecular complexity index is 595. The molecule has 104 valence electrons. The lowest BCUT2D eigenvalue weighted by Crippen LogP contribution is -2.21. The first kappa shape index (κ1) is 12.6. The van der Waals surface area contributed by atoms with Gasteiger partial charge >= 0.3 is 0 Å². The van der Waals surface area contributed by atoms with E-state index in [0.717, 1.165) is 0 Å². The molecule has 0 atom stereocenters. The maximum Gasteiger partial charge on any atom is 0.261 e. The average molecular weight is 304 g/mol. The number of hydrogen-bond donors (Lipinski definition) is 4. The van der Waals surface area contributed by atoms with Gasteiger partial charge in [-0.3, -0.25) is 9.11 Å². The van der Waals surface area contributed by atoms with Gasteiger partial charge < -0.3 is 14.6 Å². The third-order valence-corrected chi connectivity index (χ3v) is 5.49. The second-order valence-electron chi connectivity index (χ2n) is 4.06. The Morgan fingerprint density at radius 3 is 2.68 bits per heavy atom. The van der Waals surface area contributed by atoms with Crippen molar-refractivity contribution in [2.24, 2.45) is 0 Å². The summed E-state index contributed by atoms with van der Waals surface area (Å²) >= 11 is 1.24. The van der Waals surface area contributed by atoms with Crippen molar-refractivity contribution < 1.29 is 23.7 Å². The van der Waals surface area contributed by atoms with Crippen LogP contribution in [0.5, 0.6) is 11.5 Å². The molecule has 0 spiro atoms. The lowest BCUT2D eigenvalue weighted by Gasteiger charge is -2.35. The van der Waals surface area contributed by atoms with Gasteiger partial charge in [-0.05, 0) is 6.42 Å². The van der Waals surface area contributed by atoms with Crippen LogP contribution in [-0.4, -0.2) is 36.6 Å². The quantitative estimate of drug-likeness (QED) is 0.675. The van der Waals surface area contributed by atoms with Crippen LogP contribution in [0, 0.1) is 0 Å². The molecule has 1 saturated heterocycles. The second-order valence-corrected chi connectivity index (χ2v) is 7.07. The number of furan rings is 1. The molecule has 1 aliphatic rings. The minimum atomic E-state index is -2.98. The zero-order chi connectivity index (χ0) is 13.6. The molecule has 3 rings (SSSR count). The average Bonchev–Trinajstić information content (AvgIpc) is 3.03. The highest BCUT2D eigenvalue weighted by Crippen LogP contribution is 2.57. The summed E-state index contributed by atoms with van der Waals surface area (Å²) in [6.45, 7) is 0.347. The summed E-state index contributed by atoms with van der Waals surface area (Å²) in [7, 11) is -2.98. The second kappa shape index (κ2) is 4.30. The number of thiazole rings is 1. The van der Waals surface area contributed by atoms with Gasteiger partial charge in [0, 0.05) is 18.1 Å². The van der Waals surface area contributed by atoms with Crippen molar-refractivity contribution in [3.8, 4) is 22.3 Å². The molecule has 1 aliphatic heterocycles. The number of hydrogen-bond acceptors (Lipinski definition) is 8. The zero-order valence-electron chi connectivity index (χ0n) is 9.68. The highest BCUT2D eigenvalue weighted by atomic mass is 32.3. The highest BCUT2D eigenvalue weighted by Gasteiger charge is 2.36. The first-order chi connectivity index (χ1) is 9.00. The summed E-state index contributed by atoms with van der Waals surface area (Å²) < 4.78 is 26.3. The molecule has 0 aromatic carbocycles. The van der Waals surface area contributed by atoms with Crippen LogP contribution < -0.4 is 4.31 Å². The molecule has 3 heterocycles. The van der Waals surface area contributed by atoms with E-state index in [1.54, 1.807) is 11.6 Å². The summed E-state index contributed by atoms with van der Waals surface area (Å²) in [4.78, 5) is 3.98. The molecule has 0 amide bonds. The zero-order valence-corrected chi connectivity index (χ0v) is 11.3. The van der Waals surface area contributed by atoms with Crippen LogP contribution in [0.3, 0.4) is 0 Å². The van der Waals surface area contributed by atoms with Gasteiger partial charge in [0.1, 0.15) is 0 Å². The molecule has 7 nitrogen and oxygen atoms in total. The molecule has 4 N–H and O–H groups in total.